The van der Waals surface area contributed by atoms with Crippen molar-refractivity contribution in [3.63, 3.8) is 0 Å². The molecule has 4 heterocycles. The topological polar surface area (TPSA) is 299 Å². The van der Waals surface area contributed by atoms with E-state index in [-0.39, 0.29) is 45.6 Å². The number of aliphatic hydroxyl groups excluding tert-OH is 2. The van der Waals surface area contributed by atoms with Gasteiger partial charge in [0.05, 0.1) is 75.3 Å². The van der Waals surface area contributed by atoms with Crippen LogP contribution in [0.5, 0.6) is 11.5 Å². The van der Waals surface area contributed by atoms with Crippen molar-refractivity contribution in [2.45, 2.75) is 195 Å². The summed E-state index contributed by atoms with van der Waals surface area (Å²) in [6.45, 7) is 23.0. The Kier molecular flexibility index (Phi) is 19.7. The predicted octanol–water partition coefficient (Wildman–Crippen LogP) is 7.19. The molecule has 0 bridgehead atoms. The van der Waals surface area contributed by atoms with Crippen molar-refractivity contribution >= 4 is 58.1 Å². The van der Waals surface area contributed by atoms with Gasteiger partial charge in [-0.15, -0.1) is 22.7 Å². The van der Waals surface area contributed by atoms with Crippen LogP contribution in [0.25, 0.3) is 20.9 Å². The molecule has 8 rings (SSSR count). The summed E-state index contributed by atoms with van der Waals surface area (Å²) in [7, 11) is 0. The smallest absolute Gasteiger partial charge is 0.246 e. The third-order valence-corrected chi connectivity index (χ3v) is 18.9. The van der Waals surface area contributed by atoms with Gasteiger partial charge in [0.1, 0.15) is 52.1 Å². The molecule has 0 unspecified atom stereocenters. The summed E-state index contributed by atoms with van der Waals surface area (Å²) in [4.78, 5) is 96.6. The SMILES string of the molecule is Cc1ncsc1-c1ccc(CNC(=O)[C@@H]2C[C@@H](O)CN2C(=O)[C@@H](NC(=O)C2(C#N)CC2)C(C)(C)C)c(OCCC(C)(C)OCCC(C)(C)Oc2cc(-c3scnc3C)ccc2CNC(=O)[C@@H]2C[C@@H](O)CN2C(=O)[C@@H](NC(=O)C2(C#N)CC2)C(C)(C)C)c1. The molecule has 23 heteroatoms. The van der Waals surface area contributed by atoms with Crippen LogP contribution in [0.1, 0.15) is 143 Å². The lowest BCUT2D eigenvalue weighted by Crippen LogP contribution is -2.58. The highest BCUT2D eigenvalue weighted by atomic mass is 32.1. The Labute approximate surface area is 517 Å². The number of nitriles is 2. The summed E-state index contributed by atoms with van der Waals surface area (Å²) in [5.74, 6) is -1.95. The maximum atomic E-state index is 14.3. The van der Waals surface area contributed by atoms with Crippen LogP contribution in [-0.4, -0.2) is 139 Å². The van der Waals surface area contributed by atoms with E-state index in [1.807, 2.05) is 77.9 Å². The van der Waals surface area contributed by atoms with Gasteiger partial charge in [-0.25, -0.2) is 9.97 Å². The fourth-order valence-electron chi connectivity index (χ4n) is 10.9. The van der Waals surface area contributed by atoms with E-state index in [0.717, 1.165) is 32.3 Å². The van der Waals surface area contributed by atoms with Crippen molar-refractivity contribution in [3.8, 4) is 44.5 Å². The number of hydrogen-bond donors (Lipinski definition) is 6. The van der Waals surface area contributed by atoms with Gasteiger partial charge in [-0.2, -0.15) is 10.5 Å². The summed E-state index contributed by atoms with van der Waals surface area (Å²) in [5.41, 5.74) is 3.05. The zero-order valence-corrected chi connectivity index (χ0v) is 53.7. The fourth-order valence-corrected chi connectivity index (χ4v) is 12.5. The Morgan fingerprint density at radius 2 is 1.06 bits per heavy atom. The van der Waals surface area contributed by atoms with E-state index in [1.165, 1.54) is 32.5 Å². The summed E-state index contributed by atoms with van der Waals surface area (Å²) >= 11 is 3.00. The van der Waals surface area contributed by atoms with Crippen molar-refractivity contribution in [2.75, 3.05) is 26.3 Å². The molecule has 2 aromatic carbocycles. The molecule has 2 saturated heterocycles. The fraction of sp³-hybridized carbons (Fsp3) is 0.594. The number of β-amino-alcohol motifs (C(OH)–C–C–N with tert-alkyl or cyclic N) is 2. The lowest BCUT2D eigenvalue weighted by atomic mass is 9.85. The second-order valence-electron chi connectivity index (χ2n) is 27.2. The van der Waals surface area contributed by atoms with Gasteiger partial charge in [0.25, 0.3) is 0 Å². The number of hydrogen-bond acceptors (Lipinski definition) is 17. The molecule has 0 spiro atoms. The molecular weight excluding hydrogens is 1150 g/mol. The van der Waals surface area contributed by atoms with Crippen LogP contribution in [-0.2, 0) is 46.6 Å². The number of amides is 6. The maximum absolute atomic E-state index is 14.3. The molecule has 4 aromatic rings. The number of nitrogens with zero attached hydrogens (tertiary/aromatic N) is 6. The molecule has 6 amide bonds. The molecule has 0 radical (unpaired) electrons. The van der Waals surface area contributed by atoms with E-state index in [0.29, 0.717) is 67.8 Å². The lowest BCUT2D eigenvalue weighted by molar-refractivity contribution is -0.144. The summed E-state index contributed by atoms with van der Waals surface area (Å²) in [5, 5.41) is 52.6. The Bertz CT molecular complexity index is 3320. The zero-order valence-electron chi connectivity index (χ0n) is 52.1. The van der Waals surface area contributed by atoms with E-state index in [2.05, 4.69) is 43.4 Å². The third kappa shape index (κ3) is 15.6. The third-order valence-electron chi connectivity index (χ3n) is 16.9. The number of carbonyl (C=O) groups is 6. The van der Waals surface area contributed by atoms with Crippen LogP contribution in [0.2, 0.25) is 0 Å². The number of nitrogens with one attached hydrogen (secondary N) is 4. The van der Waals surface area contributed by atoms with Gasteiger partial charge in [-0.3, -0.25) is 28.8 Å². The minimum atomic E-state index is -1.16. The number of aliphatic hydroxyl groups is 2. The minimum Gasteiger partial charge on any atom is -0.493 e. The first kappa shape index (κ1) is 65.9. The average Bonchev–Trinajstić information content (AvgIpc) is 1.78. The van der Waals surface area contributed by atoms with Gasteiger partial charge in [-0.05, 0) is 101 Å². The van der Waals surface area contributed by atoms with Gasteiger partial charge in [-0.1, -0.05) is 65.8 Å². The number of carbonyl (C=O) groups excluding carboxylic acids is 6. The van der Waals surface area contributed by atoms with Gasteiger partial charge >= 0.3 is 0 Å². The first-order chi connectivity index (χ1) is 40.8. The largest absolute Gasteiger partial charge is 0.493 e. The monoisotopic (exact) mass is 1230 g/mol. The van der Waals surface area contributed by atoms with E-state index in [1.54, 1.807) is 52.6 Å². The highest BCUT2D eigenvalue weighted by molar-refractivity contribution is 7.13. The first-order valence-electron chi connectivity index (χ1n) is 29.8. The number of likely N-dealkylation sites (tertiary alicyclic amines) is 2. The van der Waals surface area contributed by atoms with Crippen LogP contribution >= 0.6 is 22.7 Å². The zero-order chi connectivity index (χ0) is 63.6. The van der Waals surface area contributed by atoms with Crippen LogP contribution < -0.4 is 30.7 Å². The van der Waals surface area contributed by atoms with E-state index >= 15 is 0 Å². The van der Waals surface area contributed by atoms with Crippen molar-refractivity contribution in [3.05, 3.63) is 69.9 Å². The number of aromatic nitrogens is 2. The molecule has 6 atom stereocenters. The second kappa shape index (κ2) is 26.0. The number of ether oxygens (including phenoxy) is 3. The van der Waals surface area contributed by atoms with Crippen molar-refractivity contribution in [1.82, 2.24) is 41.0 Å². The number of benzene rings is 2. The molecule has 6 N–H and O–H groups in total. The molecule has 4 aliphatic rings. The molecule has 4 fully saturated rings. The minimum absolute atomic E-state index is 0.00317. The quantitative estimate of drug-likeness (QED) is 0.0405. The molecule has 87 heavy (non-hydrogen) atoms. The standard InChI is InChI=1S/C64H84N10O11S2/c1-37-49(86-35-69-37)39-13-15-41(29-67-53(77)45-27-43(75)31-73(45)55(79)51(59(3,4)5)71-57(81)63(33-65)17-18-63)47(25-39)83-23-21-61(9,10)84-24-22-62(11,12)85-48-26-40(50-38(2)70-36-87-50)14-16-42(48)30-68-54(78)46-28-44(76)32-74(46)56(80)52(60(6,7)8)72-58(82)64(34-66)19-20-64/h13-16,25-26,35-36,43-46,51-52,75-76H,17-24,27-32H2,1-12H3,(H,67,77)(H,68,78)(H,71,81)(H,72,82)/t43-,44-,45+,46+,51-,52-/m1/s1. The average molecular weight is 1230 g/mol. The Morgan fingerprint density at radius 1 is 0.644 bits per heavy atom. The van der Waals surface area contributed by atoms with Gasteiger partial charge in [0, 0.05) is 63.0 Å². The van der Waals surface area contributed by atoms with Crippen LogP contribution in [0.3, 0.4) is 0 Å². The summed E-state index contributed by atoms with van der Waals surface area (Å²) in [6, 6.07) is 11.5. The normalized spacial score (nSPS) is 20.3. The molecule has 21 nitrogen and oxygen atoms in total. The van der Waals surface area contributed by atoms with Crippen LogP contribution in [0.15, 0.2) is 47.4 Å². The van der Waals surface area contributed by atoms with E-state index < -0.39 is 105 Å². The number of thiazole rings is 2. The summed E-state index contributed by atoms with van der Waals surface area (Å²) < 4.78 is 19.9. The Hall–Kier alpha value is -7.02. The summed E-state index contributed by atoms with van der Waals surface area (Å²) in [6.07, 6.45) is 0.645. The molecule has 2 aromatic heterocycles. The maximum Gasteiger partial charge on any atom is 0.246 e. The lowest BCUT2D eigenvalue weighted by Gasteiger charge is -2.35. The van der Waals surface area contributed by atoms with E-state index in [4.69, 9.17) is 14.2 Å². The van der Waals surface area contributed by atoms with Crippen molar-refractivity contribution in [1.29, 1.82) is 10.5 Å². The molecule has 468 valence electrons. The highest BCUT2D eigenvalue weighted by Crippen LogP contribution is 2.47. The Morgan fingerprint density at radius 3 is 1.45 bits per heavy atom. The van der Waals surface area contributed by atoms with E-state index in [9.17, 15) is 49.5 Å². The van der Waals surface area contributed by atoms with Crippen LogP contribution in [0.4, 0.5) is 0 Å². The van der Waals surface area contributed by atoms with Gasteiger partial charge in [0.2, 0.25) is 35.4 Å². The van der Waals surface area contributed by atoms with Gasteiger partial charge in [0.15, 0.2) is 0 Å². The highest BCUT2D eigenvalue weighted by Gasteiger charge is 2.55. The molecule has 2 saturated carbocycles. The molecular formula is C64H84N10O11S2. The van der Waals surface area contributed by atoms with Crippen molar-refractivity contribution in [2.24, 2.45) is 21.7 Å². The first-order valence-corrected chi connectivity index (χ1v) is 31.6. The Balaban J connectivity index is 0.897. The predicted molar refractivity (Wildman–Crippen MR) is 327 cm³/mol. The number of aryl methyl sites for hydroxylation is 2. The number of rotatable bonds is 24. The molecule has 2 aliphatic carbocycles. The molecule has 2 aliphatic heterocycles. The van der Waals surface area contributed by atoms with Gasteiger partial charge < -0.3 is 55.5 Å². The van der Waals surface area contributed by atoms with Crippen molar-refractivity contribution < 1.29 is 53.2 Å². The van der Waals surface area contributed by atoms with Crippen LogP contribution in [0, 0.1) is 58.2 Å². The second-order valence-corrected chi connectivity index (χ2v) is 28.9.